The van der Waals surface area contributed by atoms with Crippen LogP contribution in [0.25, 0.3) is 0 Å². The van der Waals surface area contributed by atoms with Crippen LogP contribution in [0.1, 0.15) is 19.4 Å². The van der Waals surface area contributed by atoms with Crippen molar-refractivity contribution in [3.63, 3.8) is 0 Å². The Morgan fingerprint density at radius 2 is 1.92 bits per heavy atom. The van der Waals surface area contributed by atoms with Gasteiger partial charge in [0.15, 0.2) is 0 Å². The minimum Gasteiger partial charge on any atom is -0.352 e. The number of carbonyl (C=O) groups is 1. The predicted octanol–water partition coefficient (Wildman–Crippen LogP) is 1.96. The maximum atomic E-state index is 11.2. The summed E-state index contributed by atoms with van der Waals surface area (Å²) in [5.74, 6) is 0.160. The Bertz CT molecular complexity index is 267. The van der Waals surface area contributed by atoms with E-state index in [-0.39, 0.29) is 11.8 Å². The largest absolute Gasteiger partial charge is 0.352 e. The van der Waals surface area contributed by atoms with Crippen LogP contribution in [0.15, 0.2) is 30.3 Å². The van der Waals surface area contributed by atoms with Gasteiger partial charge in [-0.05, 0) is 5.56 Å². The van der Waals surface area contributed by atoms with Crippen LogP contribution in [0.4, 0.5) is 0 Å². The molecule has 1 amide bonds. The standard InChI is InChI=1S/C11H15NO/c1-9(2)11(13)12-8-10-6-4-3-5-7-10/h3-7,9H,8H2,1-2H3,(H,12,13). The molecule has 0 radical (unpaired) electrons. The van der Waals surface area contributed by atoms with E-state index < -0.39 is 0 Å². The summed E-state index contributed by atoms with van der Waals surface area (Å²) in [5.41, 5.74) is 1.14. The number of rotatable bonds is 3. The van der Waals surface area contributed by atoms with Crippen LogP contribution in [0, 0.1) is 5.92 Å². The number of hydrogen-bond acceptors (Lipinski definition) is 1. The number of hydrogen-bond donors (Lipinski definition) is 1. The lowest BCUT2D eigenvalue weighted by atomic mass is 10.2. The van der Waals surface area contributed by atoms with E-state index in [1.807, 2.05) is 44.2 Å². The molecule has 0 aliphatic rings. The van der Waals surface area contributed by atoms with Crippen molar-refractivity contribution in [2.45, 2.75) is 20.4 Å². The van der Waals surface area contributed by atoms with Crippen LogP contribution in [0.2, 0.25) is 0 Å². The molecule has 1 N–H and O–H groups in total. The first kappa shape index (κ1) is 9.78. The molecule has 1 aromatic rings. The summed E-state index contributed by atoms with van der Waals surface area (Å²) < 4.78 is 0. The molecule has 2 heteroatoms. The summed E-state index contributed by atoms with van der Waals surface area (Å²) in [6, 6.07) is 9.91. The van der Waals surface area contributed by atoms with Crippen LogP contribution >= 0.6 is 0 Å². The van der Waals surface area contributed by atoms with E-state index in [1.165, 1.54) is 0 Å². The molecular weight excluding hydrogens is 162 g/mol. The summed E-state index contributed by atoms with van der Waals surface area (Å²) in [4.78, 5) is 11.2. The molecule has 0 aromatic heterocycles. The van der Waals surface area contributed by atoms with Gasteiger partial charge >= 0.3 is 0 Å². The maximum absolute atomic E-state index is 11.2. The van der Waals surface area contributed by atoms with Crippen molar-refractivity contribution >= 4 is 5.91 Å². The van der Waals surface area contributed by atoms with E-state index in [4.69, 9.17) is 0 Å². The van der Waals surface area contributed by atoms with Gasteiger partial charge in [-0.1, -0.05) is 44.2 Å². The van der Waals surface area contributed by atoms with E-state index in [9.17, 15) is 4.79 Å². The maximum Gasteiger partial charge on any atom is 0.222 e. The van der Waals surface area contributed by atoms with Crippen molar-refractivity contribution in [2.75, 3.05) is 0 Å². The lowest BCUT2D eigenvalue weighted by Gasteiger charge is -2.06. The summed E-state index contributed by atoms with van der Waals surface area (Å²) in [6.45, 7) is 4.40. The first-order valence-corrected chi connectivity index (χ1v) is 4.52. The van der Waals surface area contributed by atoms with E-state index in [1.54, 1.807) is 0 Å². The van der Waals surface area contributed by atoms with Gasteiger partial charge in [-0.2, -0.15) is 0 Å². The van der Waals surface area contributed by atoms with Crippen molar-refractivity contribution in [2.24, 2.45) is 5.92 Å². The fourth-order valence-electron chi connectivity index (χ4n) is 0.989. The first-order valence-electron chi connectivity index (χ1n) is 4.52. The van der Waals surface area contributed by atoms with Crippen LogP contribution in [-0.4, -0.2) is 5.91 Å². The quantitative estimate of drug-likeness (QED) is 0.751. The summed E-state index contributed by atoms with van der Waals surface area (Å²) in [6.07, 6.45) is 0. The third-order valence-electron chi connectivity index (χ3n) is 1.83. The second-order valence-electron chi connectivity index (χ2n) is 3.36. The van der Waals surface area contributed by atoms with Gasteiger partial charge in [0, 0.05) is 12.5 Å². The van der Waals surface area contributed by atoms with Crippen molar-refractivity contribution in [1.82, 2.24) is 5.32 Å². The minimum atomic E-state index is 0.0590. The van der Waals surface area contributed by atoms with Crippen molar-refractivity contribution in [1.29, 1.82) is 0 Å². The second kappa shape index (κ2) is 4.65. The highest BCUT2D eigenvalue weighted by molar-refractivity contribution is 5.77. The zero-order chi connectivity index (χ0) is 9.68. The third kappa shape index (κ3) is 3.28. The van der Waals surface area contributed by atoms with Crippen molar-refractivity contribution in [3.05, 3.63) is 35.9 Å². The lowest BCUT2D eigenvalue weighted by Crippen LogP contribution is -2.26. The number of amides is 1. The van der Waals surface area contributed by atoms with Gasteiger partial charge < -0.3 is 5.32 Å². The molecule has 0 heterocycles. The van der Waals surface area contributed by atoms with Gasteiger partial charge in [0.25, 0.3) is 0 Å². The Morgan fingerprint density at radius 1 is 1.31 bits per heavy atom. The molecule has 0 saturated carbocycles. The Hall–Kier alpha value is -1.31. The summed E-state index contributed by atoms with van der Waals surface area (Å²) in [7, 11) is 0. The number of benzene rings is 1. The molecule has 0 fully saturated rings. The van der Waals surface area contributed by atoms with Gasteiger partial charge in [-0.15, -0.1) is 0 Å². The molecule has 0 aliphatic carbocycles. The Kier molecular flexibility index (Phi) is 3.50. The van der Waals surface area contributed by atoms with Crippen LogP contribution in [0.5, 0.6) is 0 Å². The van der Waals surface area contributed by atoms with Gasteiger partial charge in [-0.3, -0.25) is 4.79 Å². The van der Waals surface area contributed by atoms with Crippen LogP contribution in [-0.2, 0) is 11.3 Å². The van der Waals surface area contributed by atoms with E-state index in [0.717, 1.165) is 5.56 Å². The lowest BCUT2D eigenvalue weighted by molar-refractivity contribution is -0.124. The molecule has 1 rings (SSSR count). The highest BCUT2D eigenvalue weighted by atomic mass is 16.1. The molecule has 0 bridgehead atoms. The average molecular weight is 177 g/mol. The highest BCUT2D eigenvalue weighted by Crippen LogP contribution is 1.98. The first-order chi connectivity index (χ1) is 6.20. The van der Waals surface area contributed by atoms with E-state index in [2.05, 4.69) is 5.32 Å². The molecule has 1 aromatic carbocycles. The van der Waals surface area contributed by atoms with Gasteiger partial charge in [-0.25, -0.2) is 0 Å². The highest BCUT2D eigenvalue weighted by Gasteiger charge is 2.04. The molecule has 70 valence electrons. The van der Waals surface area contributed by atoms with Crippen LogP contribution < -0.4 is 5.32 Å². The predicted molar refractivity (Wildman–Crippen MR) is 53.1 cm³/mol. The van der Waals surface area contributed by atoms with Crippen LogP contribution in [0.3, 0.4) is 0 Å². The SMILES string of the molecule is CC(C)C(=O)NCc1ccccc1. The fourth-order valence-corrected chi connectivity index (χ4v) is 0.989. The molecule has 0 spiro atoms. The van der Waals surface area contributed by atoms with Gasteiger partial charge in [0.1, 0.15) is 0 Å². The Labute approximate surface area is 79.0 Å². The van der Waals surface area contributed by atoms with E-state index in [0.29, 0.717) is 6.54 Å². The smallest absolute Gasteiger partial charge is 0.222 e. The Balaban J connectivity index is 2.40. The molecule has 13 heavy (non-hydrogen) atoms. The molecule has 0 aliphatic heterocycles. The summed E-state index contributed by atoms with van der Waals surface area (Å²) >= 11 is 0. The normalized spacial score (nSPS) is 10.1. The zero-order valence-electron chi connectivity index (χ0n) is 8.08. The van der Waals surface area contributed by atoms with E-state index >= 15 is 0 Å². The van der Waals surface area contributed by atoms with Crippen molar-refractivity contribution in [3.8, 4) is 0 Å². The molecule has 0 atom stereocenters. The minimum absolute atomic E-state index is 0.0590. The average Bonchev–Trinajstić information content (AvgIpc) is 2.15. The van der Waals surface area contributed by atoms with Gasteiger partial charge in [0.05, 0.1) is 0 Å². The van der Waals surface area contributed by atoms with Gasteiger partial charge in [0.2, 0.25) is 5.91 Å². The molecule has 0 saturated heterocycles. The Morgan fingerprint density at radius 3 is 2.46 bits per heavy atom. The molecule has 0 unspecified atom stereocenters. The third-order valence-corrected chi connectivity index (χ3v) is 1.83. The summed E-state index contributed by atoms with van der Waals surface area (Å²) in [5, 5.41) is 2.86. The number of nitrogens with one attached hydrogen (secondary N) is 1. The molecule has 2 nitrogen and oxygen atoms in total. The topological polar surface area (TPSA) is 29.1 Å². The fraction of sp³-hybridized carbons (Fsp3) is 0.364. The number of carbonyl (C=O) groups excluding carboxylic acids is 1. The molecular formula is C11H15NO. The van der Waals surface area contributed by atoms with Crippen molar-refractivity contribution < 1.29 is 4.79 Å². The zero-order valence-corrected chi connectivity index (χ0v) is 8.08. The monoisotopic (exact) mass is 177 g/mol. The second-order valence-corrected chi connectivity index (χ2v) is 3.36.